The van der Waals surface area contributed by atoms with Gasteiger partial charge >= 0.3 is 0 Å². The van der Waals surface area contributed by atoms with E-state index in [9.17, 15) is 0 Å². The SMILES string of the molecule is C=CC=CC(=C)N(C=CC)C(C=C)=C(C=CC)C=CC(C=C)CC=CC(=CC=C)c1cc2ccccc2o1. The second kappa shape index (κ2) is 16.2. The highest BCUT2D eigenvalue weighted by Crippen LogP contribution is 2.26. The number of fused-ring (bicyclic) bond motifs is 1. The molecule has 0 fully saturated rings. The highest BCUT2D eigenvalue weighted by Gasteiger charge is 2.10. The lowest BCUT2D eigenvalue weighted by Gasteiger charge is -2.24. The summed E-state index contributed by atoms with van der Waals surface area (Å²) in [6.07, 6.45) is 30.3. The number of hydrogen-bond donors (Lipinski definition) is 0. The number of nitrogens with zero attached hydrogens (tertiary/aromatic N) is 1. The summed E-state index contributed by atoms with van der Waals surface area (Å²) in [6, 6.07) is 10.1. The molecule has 0 spiro atoms. The van der Waals surface area contributed by atoms with E-state index in [0.29, 0.717) is 0 Å². The van der Waals surface area contributed by atoms with Crippen molar-refractivity contribution >= 4 is 16.5 Å². The summed E-state index contributed by atoms with van der Waals surface area (Å²) < 4.78 is 6.05. The zero-order valence-corrected chi connectivity index (χ0v) is 22.7. The first kappa shape index (κ1) is 29.7. The van der Waals surface area contributed by atoms with Crippen LogP contribution in [0.4, 0.5) is 0 Å². The van der Waals surface area contributed by atoms with Crippen LogP contribution in [-0.4, -0.2) is 4.90 Å². The van der Waals surface area contributed by atoms with Crippen molar-refractivity contribution in [2.75, 3.05) is 0 Å². The highest BCUT2D eigenvalue weighted by molar-refractivity contribution is 5.84. The molecule has 1 unspecified atom stereocenters. The van der Waals surface area contributed by atoms with Crippen molar-refractivity contribution in [1.82, 2.24) is 4.90 Å². The number of hydrogen-bond acceptors (Lipinski definition) is 2. The fourth-order valence-corrected chi connectivity index (χ4v) is 3.80. The monoisotopic (exact) mass is 501 g/mol. The largest absolute Gasteiger partial charge is 0.456 e. The van der Waals surface area contributed by atoms with Crippen molar-refractivity contribution in [3.05, 3.63) is 177 Å². The van der Waals surface area contributed by atoms with E-state index in [1.54, 1.807) is 12.2 Å². The van der Waals surface area contributed by atoms with E-state index >= 15 is 0 Å². The van der Waals surface area contributed by atoms with Gasteiger partial charge in [-0.15, -0.1) is 6.58 Å². The lowest BCUT2D eigenvalue weighted by Crippen LogP contribution is -2.14. The van der Waals surface area contributed by atoms with Crippen LogP contribution in [0.3, 0.4) is 0 Å². The van der Waals surface area contributed by atoms with Crippen LogP contribution in [0.15, 0.2) is 176 Å². The minimum Gasteiger partial charge on any atom is -0.456 e. The third-order valence-corrected chi connectivity index (χ3v) is 5.67. The van der Waals surface area contributed by atoms with Gasteiger partial charge in [-0.05, 0) is 56.0 Å². The quantitative estimate of drug-likeness (QED) is 0.178. The molecule has 1 atom stereocenters. The van der Waals surface area contributed by atoms with Crippen molar-refractivity contribution < 1.29 is 4.42 Å². The normalized spacial score (nSPS) is 14.1. The topological polar surface area (TPSA) is 16.4 Å². The molecule has 2 rings (SSSR count). The van der Waals surface area contributed by atoms with Gasteiger partial charge in [-0.1, -0.05) is 117 Å². The van der Waals surface area contributed by atoms with Crippen molar-refractivity contribution in [2.45, 2.75) is 20.3 Å². The number of furan rings is 1. The van der Waals surface area contributed by atoms with E-state index in [2.05, 4.69) is 69.3 Å². The Bertz CT molecular complexity index is 1310. The summed E-state index contributed by atoms with van der Waals surface area (Å²) >= 11 is 0. The van der Waals surface area contributed by atoms with Gasteiger partial charge < -0.3 is 9.32 Å². The van der Waals surface area contributed by atoms with E-state index in [4.69, 9.17) is 4.42 Å². The Balaban J connectivity index is 2.31. The zero-order valence-electron chi connectivity index (χ0n) is 22.7. The molecule has 1 heterocycles. The lowest BCUT2D eigenvalue weighted by atomic mass is 10.0. The van der Waals surface area contributed by atoms with Crippen LogP contribution in [0, 0.1) is 5.92 Å². The molecule has 0 saturated heterocycles. The molecule has 0 aliphatic rings. The minimum atomic E-state index is 0.136. The van der Waals surface area contributed by atoms with Gasteiger partial charge in [0.2, 0.25) is 0 Å². The Kier molecular flexibility index (Phi) is 12.7. The van der Waals surface area contributed by atoms with Crippen LogP contribution in [0.1, 0.15) is 26.0 Å². The molecular weight excluding hydrogens is 462 g/mol. The van der Waals surface area contributed by atoms with Gasteiger partial charge in [0.15, 0.2) is 0 Å². The summed E-state index contributed by atoms with van der Waals surface area (Å²) in [4.78, 5) is 2.01. The summed E-state index contributed by atoms with van der Waals surface area (Å²) in [5.74, 6) is 0.953. The fourth-order valence-electron chi connectivity index (χ4n) is 3.80. The molecule has 2 aromatic rings. The first-order chi connectivity index (χ1) is 18.5. The number of para-hydroxylation sites is 1. The van der Waals surface area contributed by atoms with Gasteiger partial charge in [-0.25, -0.2) is 0 Å². The van der Waals surface area contributed by atoms with E-state index in [0.717, 1.165) is 45.7 Å². The Morgan fingerprint density at radius 3 is 2.39 bits per heavy atom. The van der Waals surface area contributed by atoms with Crippen LogP contribution in [-0.2, 0) is 0 Å². The maximum absolute atomic E-state index is 6.05. The van der Waals surface area contributed by atoms with Gasteiger partial charge in [-0.3, -0.25) is 0 Å². The maximum Gasteiger partial charge on any atom is 0.135 e. The number of allylic oxidation sites excluding steroid dienone is 16. The Labute approximate surface area is 229 Å². The zero-order chi connectivity index (χ0) is 27.8. The van der Waals surface area contributed by atoms with Gasteiger partial charge in [0.05, 0.1) is 5.70 Å². The van der Waals surface area contributed by atoms with Crippen LogP contribution in [0.2, 0.25) is 0 Å². The number of rotatable bonds is 15. The summed E-state index contributed by atoms with van der Waals surface area (Å²) in [5.41, 5.74) is 4.59. The van der Waals surface area contributed by atoms with E-state index in [1.165, 1.54) is 0 Å². The molecule has 194 valence electrons. The van der Waals surface area contributed by atoms with Crippen molar-refractivity contribution in [1.29, 1.82) is 0 Å². The van der Waals surface area contributed by atoms with E-state index in [-0.39, 0.29) is 5.92 Å². The van der Waals surface area contributed by atoms with Gasteiger partial charge in [0.1, 0.15) is 11.3 Å². The van der Waals surface area contributed by atoms with E-state index < -0.39 is 0 Å². The smallest absolute Gasteiger partial charge is 0.135 e. The molecule has 1 aromatic heterocycles. The predicted octanol–water partition coefficient (Wildman–Crippen LogP) is 10.4. The van der Waals surface area contributed by atoms with Crippen LogP contribution >= 0.6 is 0 Å². The minimum absolute atomic E-state index is 0.136. The first-order valence-corrected chi connectivity index (χ1v) is 12.7. The molecule has 0 amide bonds. The lowest BCUT2D eigenvalue weighted by molar-refractivity contribution is 0.601. The second-order valence-corrected chi connectivity index (χ2v) is 8.39. The average molecular weight is 502 g/mol. The Morgan fingerprint density at radius 2 is 1.76 bits per heavy atom. The predicted molar refractivity (Wildman–Crippen MR) is 168 cm³/mol. The van der Waals surface area contributed by atoms with Crippen molar-refractivity contribution in [3.8, 4) is 0 Å². The van der Waals surface area contributed by atoms with Crippen molar-refractivity contribution in [3.63, 3.8) is 0 Å². The Morgan fingerprint density at radius 1 is 0.974 bits per heavy atom. The fraction of sp³-hybridized carbons (Fsp3) is 0.111. The second-order valence-electron chi connectivity index (χ2n) is 8.39. The van der Waals surface area contributed by atoms with Crippen LogP contribution < -0.4 is 0 Å². The van der Waals surface area contributed by atoms with Crippen LogP contribution in [0.25, 0.3) is 16.5 Å². The maximum atomic E-state index is 6.05. The number of benzene rings is 1. The molecule has 0 N–H and O–H groups in total. The van der Waals surface area contributed by atoms with Gasteiger partial charge in [-0.2, -0.15) is 0 Å². The molecule has 2 nitrogen and oxygen atoms in total. The summed E-state index contributed by atoms with van der Waals surface area (Å²) in [5, 5.41) is 1.08. The van der Waals surface area contributed by atoms with Gasteiger partial charge in [0.25, 0.3) is 0 Å². The third-order valence-electron chi connectivity index (χ3n) is 5.67. The van der Waals surface area contributed by atoms with Crippen LogP contribution in [0.5, 0.6) is 0 Å². The molecule has 0 aliphatic heterocycles. The first-order valence-electron chi connectivity index (χ1n) is 12.7. The molecular formula is C36H39NO. The molecule has 0 bridgehead atoms. The molecule has 0 saturated carbocycles. The van der Waals surface area contributed by atoms with E-state index in [1.807, 2.05) is 91.7 Å². The molecule has 38 heavy (non-hydrogen) atoms. The molecule has 0 radical (unpaired) electrons. The molecule has 0 aliphatic carbocycles. The average Bonchev–Trinajstić information content (AvgIpc) is 3.37. The van der Waals surface area contributed by atoms with Crippen molar-refractivity contribution in [2.24, 2.45) is 5.92 Å². The summed E-state index contributed by atoms with van der Waals surface area (Å²) in [7, 11) is 0. The molecule has 1 aromatic carbocycles. The third kappa shape index (κ3) is 8.53. The van der Waals surface area contributed by atoms with Gasteiger partial charge in [0, 0.05) is 22.9 Å². The molecule has 2 heteroatoms. The Hall–Kier alpha value is -4.56. The summed E-state index contributed by atoms with van der Waals surface area (Å²) in [6.45, 7) is 23.9. The highest BCUT2D eigenvalue weighted by atomic mass is 16.3. The standard InChI is InChI=1S/C36H39NO/c1-8-14-20-29(7)37(27-11-4)34(13-6)31(18-9-2)26-25-30(12-5)21-17-23-32(19-10-3)36-28-33-22-15-16-24-35(33)38-36/h8-20,22-28,30H,1,3,5-7,21H2,2,4H3.